The van der Waals surface area contributed by atoms with Crippen LogP contribution in [0.5, 0.6) is 0 Å². The largest absolute Gasteiger partial charge is 0.393 e. The van der Waals surface area contributed by atoms with Crippen molar-refractivity contribution in [3.05, 3.63) is 42.1 Å². The molecular formula is C19H23N3O3. The fourth-order valence-corrected chi connectivity index (χ4v) is 3.91. The number of likely N-dealkylation sites (tertiary alicyclic amines) is 1. The number of ether oxygens (including phenoxy) is 1. The number of aliphatic hydroxyl groups excluding tert-OH is 1. The summed E-state index contributed by atoms with van der Waals surface area (Å²) in [4.78, 5) is 14.8. The van der Waals surface area contributed by atoms with Crippen molar-refractivity contribution in [1.82, 2.24) is 15.1 Å². The molecule has 6 nitrogen and oxygen atoms in total. The van der Waals surface area contributed by atoms with E-state index in [9.17, 15) is 9.90 Å². The minimum Gasteiger partial charge on any atom is -0.393 e. The van der Waals surface area contributed by atoms with E-state index in [1.165, 1.54) is 0 Å². The third-order valence-corrected chi connectivity index (χ3v) is 5.36. The molecular weight excluding hydrogens is 318 g/mol. The first-order chi connectivity index (χ1) is 12.2. The quantitative estimate of drug-likeness (QED) is 0.878. The van der Waals surface area contributed by atoms with Crippen molar-refractivity contribution >= 4 is 5.91 Å². The predicted octanol–water partition coefficient (Wildman–Crippen LogP) is 2.22. The Labute approximate surface area is 146 Å². The van der Waals surface area contributed by atoms with Crippen LogP contribution in [0.2, 0.25) is 0 Å². The number of amides is 1. The molecule has 1 amide bonds. The number of nitrogens with zero attached hydrogens (tertiary/aromatic N) is 2. The Hall–Kier alpha value is -2.18. The van der Waals surface area contributed by atoms with Gasteiger partial charge < -0.3 is 14.7 Å². The summed E-state index contributed by atoms with van der Waals surface area (Å²) >= 11 is 0. The molecule has 2 saturated heterocycles. The summed E-state index contributed by atoms with van der Waals surface area (Å²) in [5.74, 6) is -0.00110. The Morgan fingerprint density at radius 3 is 2.76 bits per heavy atom. The van der Waals surface area contributed by atoms with Gasteiger partial charge in [-0.2, -0.15) is 5.10 Å². The van der Waals surface area contributed by atoms with Crippen LogP contribution in [0.15, 0.2) is 36.5 Å². The van der Waals surface area contributed by atoms with Gasteiger partial charge in [-0.1, -0.05) is 30.3 Å². The SMILES string of the molecule is O=C(c1cn[nH]c1-c1ccccc1)N1CCC2(CC1)CC(O)CCO2. The number of carbonyl (C=O) groups is 1. The molecule has 0 saturated carbocycles. The second kappa shape index (κ2) is 6.61. The highest BCUT2D eigenvalue weighted by molar-refractivity contribution is 5.99. The minimum atomic E-state index is -0.283. The monoisotopic (exact) mass is 341 g/mol. The Morgan fingerprint density at radius 1 is 1.28 bits per heavy atom. The average molecular weight is 341 g/mol. The van der Waals surface area contributed by atoms with E-state index >= 15 is 0 Å². The average Bonchev–Trinajstić information content (AvgIpc) is 3.12. The van der Waals surface area contributed by atoms with Gasteiger partial charge in [0.1, 0.15) is 0 Å². The van der Waals surface area contributed by atoms with Gasteiger partial charge in [0.25, 0.3) is 5.91 Å². The standard InChI is InChI=1S/C19H23N3O3/c23-15-6-11-25-19(12-15)7-9-22(10-8-19)18(24)16-13-20-21-17(16)14-4-2-1-3-5-14/h1-5,13,15,23H,6-12H2,(H,20,21). The molecule has 0 radical (unpaired) electrons. The van der Waals surface area contributed by atoms with E-state index in [2.05, 4.69) is 10.2 Å². The van der Waals surface area contributed by atoms with Crippen molar-refractivity contribution in [2.75, 3.05) is 19.7 Å². The van der Waals surface area contributed by atoms with Crippen LogP contribution in [0.4, 0.5) is 0 Å². The zero-order valence-electron chi connectivity index (χ0n) is 14.1. The van der Waals surface area contributed by atoms with E-state index in [4.69, 9.17) is 4.74 Å². The highest BCUT2D eigenvalue weighted by Gasteiger charge is 2.41. The third-order valence-electron chi connectivity index (χ3n) is 5.36. The molecule has 2 aliphatic heterocycles. The second-order valence-corrected chi connectivity index (χ2v) is 7.00. The van der Waals surface area contributed by atoms with Crippen LogP contribution >= 0.6 is 0 Å². The molecule has 1 atom stereocenters. The number of nitrogens with one attached hydrogen (secondary N) is 1. The molecule has 132 valence electrons. The molecule has 2 aliphatic rings. The second-order valence-electron chi connectivity index (χ2n) is 7.00. The molecule has 1 spiro atoms. The number of H-pyrrole nitrogens is 1. The zero-order chi connectivity index (χ0) is 17.3. The first kappa shape index (κ1) is 16.3. The minimum absolute atomic E-state index is 0.00110. The molecule has 2 fully saturated rings. The van der Waals surface area contributed by atoms with Gasteiger partial charge >= 0.3 is 0 Å². The van der Waals surface area contributed by atoms with Crippen molar-refractivity contribution in [2.45, 2.75) is 37.4 Å². The molecule has 1 aromatic carbocycles. The van der Waals surface area contributed by atoms with Crippen LogP contribution in [0, 0.1) is 0 Å². The van der Waals surface area contributed by atoms with Crippen LogP contribution in [0.1, 0.15) is 36.0 Å². The summed E-state index contributed by atoms with van der Waals surface area (Å²) in [6, 6.07) is 9.77. The molecule has 1 unspecified atom stereocenters. The number of aromatic nitrogens is 2. The maximum atomic E-state index is 13.0. The predicted molar refractivity (Wildman–Crippen MR) is 93.1 cm³/mol. The lowest BCUT2D eigenvalue weighted by molar-refractivity contribution is -0.139. The third kappa shape index (κ3) is 3.19. The summed E-state index contributed by atoms with van der Waals surface area (Å²) in [7, 11) is 0. The number of benzene rings is 1. The summed E-state index contributed by atoms with van der Waals surface area (Å²) in [5.41, 5.74) is 2.06. The topological polar surface area (TPSA) is 78.5 Å². The number of carbonyl (C=O) groups excluding carboxylic acids is 1. The smallest absolute Gasteiger partial charge is 0.257 e. The number of hydrogen-bond acceptors (Lipinski definition) is 4. The first-order valence-electron chi connectivity index (χ1n) is 8.87. The van der Waals surface area contributed by atoms with Gasteiger partial charge in [-0.25, -0.2) is 0 Å². The Morgan fingerprint density at radius 2 is 2.04 bits per heavy atom. The van der Waals surface area contributed by atoms with Crippen LogP contribution in [-0.4, -0.2) is 57.5 Å². The van der Waals surface area contributed by atoms with Crippen molar-refractivity contribution in [3.63, 3.8) is 0 Å². The van der Waals surface area contributed by atoms with Gasteiger partial charge in [-0.05, 0) is 19.3 Å². The molecule has 0 aliphatic carbocycles. The van der Waals surface area contributed by atoms with Gasteiger partial charge in [-0.3, -0.25) is 9.89 Å². The van der Waals surface area contributed by atoms with Crippen LogP contribution < -0.4 is 0 Å². The van der Waals surface area contributed by atoms with Crippen LogP contribution in [-0.2, 0) is 4.74 Å². The summed E-state index contributed by atoms with van der Waals surface area (Å²) in [6.07, 6.45) is 4.25. The molecule has 2 aromatic rings. The number of aromatic amines is 1. The molecule has 2 N–H and O–H groups in total. The summed E-state index contributed by atoms with van der Waals surface area (Å²) in [6.45, 7) is 1.89. The van der Waals surface area contributed by atoms with Gasteiger partial charge in [0, 0.05) is 31.7 Å². The Kier molecular flexibility index (Phi) is 4.31. The summed E-state index contributed by atoms with van der Waals surface area (Å²) < 4.78 is 5.97. The lowest BCUT2D eigenvalue weighted by Gasteiger charge is -2.45. The zero-order valence-corrected chi connectivity index (χ0v) is 14.1. The van der Waals surface area contributed by atoms with Crippen LogP contribution in [0.3, 0.4) is 0 Å². The molecule has 0 bridgehead atoms. The van der Waals surface area contributed by atoms with Crippen molar-refractivity contribution in [2.24, 2.45) is 0 Å². The molecule has 25 heavy (non-hydrogen) atoms. The highest BCUT2D eigenvalue weighted by atomic mass is 16.5. The van der Waals surface area contributed by atoms with Gasteiger partial charge in [0.15, 0.2) is 0 Å². The first-order valence-corrected chi connectivity index (χ1v) is 8.87. The lowest BCUT2D eigenvalue weighted by Crippen LogP contribution is -2.51. The number of rotatable bonds is 2. The maximum Gasteiger partial charge on any atom is 0.257 e. The van der Waals surface area contributed by atoms with E-state index in [0.29, 0.717) is 38.1 Å². The van der Waals surface area contributed by atoms with E-state index in [0.717, 1.165) is 24.1 Å². The molecule has 3 heterocycles. The Balaban J connectivity index is 1.48. The van der Waals surface area contributed by atoms with Gasteiger partial charge in [-0.15, -0.1) is 0 Å². The fourth-order valence-electron chi connectivity index (χ4n) is 3.91. The Bertz CT molecular complexity index is 735. The molecule has 6 heteroatoms. The van der Waals surface area contributed by atoms with E-state index in [1.54, 1.807) is 6.20 Å². The van der Waals surface area contributed by atoms with E-state index in [-0.39, 0.29) is 17.6 Å². The van der Waals surface area contributed by atoms with Crippen molar-refractivity contribution < 1.29 is 14.6 Å². The van der Waals surface area contributed by atoms with E-state index in [1.807, 2.05) is 35.2 Å². The highest BCUT2D eigenvalue weighted by Crippen LogP contribution is 2.35. The molecule has 4 rings (SSSR count). The molecule has 1 aromatic heterocycles. The number of piperidine rings is 1. The maximum absolute atomic E-state index is 13.0. The van der Waals surface area contributed by atoms with Gasteiger partial charge in [0.2, 0.25) is 0 Å². The normalized spacial score (nSPS) is 22.9. The van der Waals surface area contributed by atoms with Crippen LogP contribution in [0.25, 0.3) is 11.3 Å². The lowest BCUT2D eigenvalue weighted by atomic mass is 9.83. The number of aliphatic hydroxyl groups is 1. The van der Waals surface area contributed by atoms with Crippen molar-refractivity contribution in [3.8, 4) is 11.3 Å². The fraction of sp³-hybridized carbons (Fsp3) is 0.474. The summed E-state index contributed by atoms with van der Waals surface area (Å²) in [5, 5.41) is 17.0. The van der Waals surface area contributed by atoms with Crippen molar-refractivity contribution in [1.29, 1.82) is 0 Å². The van der Waals surface area contributed by atoms with E-state index < -0.39 is 0 Å². The number of hydrogen-bond donors (Lipinski definition) is 2. The van der Waals surface area contributed by atoms with Gasteiger partial charge in [0.05, 0.1) is 29.2 Å².